The molecule has 0 spiro atoms. The summed E-state index contributed by atoms with van der Waals surface area (Å²) in [5.74, 6) is 0. The average molecular weight is 439 g/mol. The molecule has 0 fully saturated rings. The van der Waals surface area contributed by atoms with Crippen LogP contribution < -0.4 is 10.6 Å². The van der Waals surface area contributed by atoms with Crippen LogP contribution in [-0.4, -0.2) is 0 Å². The molecule has 6 rings (SSSR count). The van der Waals surface area contributed by atoms with Gasteiger partial charge in [-0.05, 0) is 44.5 Å². The lowest BCUT2D eigenvalue weighted by Gasteiger charge is -2.22. The molecule has 2 heteroatoms. The van der Waals surface area contributed by atoms with E-state index in [0.717, 1.165) is 0 Å². The first kappa shape index (κ1) is 20.3. The third-order valence-electron chi connectivity index (χ3n) is 6.72. The Labute approximate surface area is 201 Å². The SMILES string of the molecule is C1=Cc2ccccc2C(N/C=C/NC2c3ccccc3C=Cc3ccccc32)c2ccccc21. The highest BCUT2D eigenvalue weighted by atomic mass is 14.9. The molecular weight excluding hydrogens is 412 g/mol. The van der Waals surface area contributed by atoms with Gasteiger partial charge in [-0.1, -0.05) is 121 Å². The number of rotatable bonds is 4. The first-order valence-corrected chi connectivity index (χ1v) is 11.8. The Bertz CT molecular complexity index is 1220. The zero-order valence-electron chi connectivity index (χ0n) is 18.9. The molecule has 0 saturated carbocycles. The molecular formula is C32H26N2. The fourth-order valence-electron chi connectivity index (χ4n) is 5.04. The average Bonchev–Trinajstić information content (AvgIpc) is 3.15. The minimum Gasteiger partial charge on any atom is -0.379 e. The van der Waals surface area contributed by atoms with Crippen molar-refractivity contribution in [3.63, 3.8) is 0 Å². The summed E-state index contributed by atoms with van der Waals surface area (Å²) in [6, 6.07) is 34.6. The maximum Gasteiger partial charge on any atom is 0.0774 e. The highest BCUT2D eigenvalue weighted by molar-refractivity contribution is 5.77. The van der Waals surface area contributed by atoms with Gasteiger partial charge in [-0.15, -0.1) is 0 Å². The van der Waals surface area contributed by atoms with Gasteiger partial charge in [0.1, 0.15) is 0 Å². The number of hydrogen-bond donors (Lipinski definition) is 2. The number of hydrogen-bond acceptors (Lipinski definition) is 2. The van der Waals surface area contributed by atoms with Gasteiger partial charge in [-0.3, -0.25) is 0 Å². The maximum atomic E-state index is 3.68. The van der Waals surface area contributed by atoms with Crippen molar-refractivity contribution in [2.24, 2.45) is 0 Å². The predicted molar refractivity (Wildman–Crippen MR) is 143 cm³/mol. The Morgan fingerprint density at radius 3 is 0.941 bits per heavy atom. The van der Waals surface area contributed by atoms with Crippen molar-refractivity contribution >= 4 is 24.3 Å². The minimum atomic E-state index is 0.0795. The Balaban J connectivity index is 1.31. The third-order valence-corrected chi connectivity index (χ3v) is 6.72. The lowest BCUT2D eigenvalue weighted by atomic mass is 9.94. The summed E-state index contributed by atoms with van der Waals surface area (Å²) in [5, 5.41) is 7.36. The highest BCUT2D eigenvalue weighted by Crippen LogP contribution is 2.34. The standard InChI is InChI=1S/C32H26N2/c1-5-13-27-23(9-1)17-18-24-10-2-6-14-28(24)31(27)33-21-22-34-32-29-15-7-3-11-25(29)19-20-26-12-4-8-16-30(26)32/h1-22,31-34H/b22-21+. The minimum absolute atomic E-state index is 0.0795. The van der Waals surface area contributed by atoms with E-state index in [1.54, 1.807) is 0 Å². The molecule has 4 aromatic carbocycles. The number of nitrogens with one attached hydrogen (secondary N) is 2. The van der Waals surface area contributed by atoms with Gasteiger partial charge in [0.2, 0.25) is 0 Å². The van der Waals surface area contributed by atoms with E-state index in [2.05, 4.69) is 132 Å². The highest BCUT2D eigenvalue weighted by Gasteiger charge is 2.21. The molecule has 0 amide bonds. The molecule has 0 aliphatic heterocycles. The fourth-order valence-corrected chi connectivity index (χ4v) is 5.04. The van der Waals surface area contributed by atoms with Gasteiger partial charge < -0.3 is 10.6 Å². The summed E-state index contributed by atoms with van der Waals surface area (Å²) in [6.45, 7) is 0. The molecule has 164 valence electrons. The first-order valence-electron chi connectivity index (χ1n) is 11.8. The fraction of sp³-hybridized carbons (Fsp3) is 0.0625. The van der Waals surface area contributed by atoms with Crippen LogP contribution in [0.15, 0.2) is 109 Å². The van der Waals surface area contributed by atoms with E-state index >= 15 is 0 Å². The molecule has 0 saturated heterocycles. The summed E-state index contributed by atoms with van der Waals surface area (Å²) in [4.78, 5) is 0. The van der Waals surface area contributed by atoms with E-state index in [1.807, 2.05) is 12.4 Å². The Morgan fingerprint density at radius 1 is 0.382 bits per heavy atom. The monoisotopic (exact) mass is 438 g/mol. The molecule has 0 radical (unpaired) electrons. The molecule has 2 aliphatic rings. The van der Waals surface area contributed by atoms with E-state index in [0.29, 0.717) is 0 Å². The van der Waals surface area contributed by atoms with Gasteiger partial charge in [0.15, 0.2) is 0 Å². The topological polar surface area (TPSA) is 24.1 Å². The van der Waals surface area contributed by atoms with Gasteiger partial charge >= 0.3 is 0 Å². The largest absolute Gasteiger partial charge is 0.379 e. The molecule has 34 heavy (non-hydrogen) atoms. The van der Waals surface area contributed by atoms with Gasteiger partial charge in [0.05, 0.1) is 12.1 Å². The molecule has 0 bridgehead atoms. The van der Waals surface area contributed by atoms with Gasteiger partial charge in [0.25, 0.3) is 0 Å². The van der Waals surface area contributed by atoms with E-state index in [1.165, 1.54) is 44.5 Å². The lowest BCUT2D eigenvalue weighted by Crippen LogP contribution is -2.22. The van der Waals surface area contributed by atoms with Crippen molar-refractivity contribution in [2.45, 2.75) is 12.1 Å². The molecule has 0 unspecified atom stereocenters. The van der Waals surface area contributed by atoms with Crippen LogP contribution in [0, 0.1) is 0 Å². The summed E-state index contributed by atoms with van der Waals surface area (Å²) in [7, 11) is 0. The van der Waals surface area contributed by atoms with E-state index < -0.39 is 0 Å². The molecule has 0 aromatic heterocycles. The van der Waals surface area contributed by atoms with Crippen LogP contribution in [0.1, 0.15) is 56.6 Å². The van der Waals surface area contributed by atoms with Crippen LogP contribution in [0.3, 0.4) is 0 Å². The summed E-state index contributed by atoms with van der Waals surface area (Å²) < 4.78 is 0. The van der Waals surface area contributed by atoms with Crippen molar-refractivity contribution in [3.8, 4) is 0 Å². The van der Waals surface area contributed by atoms with Crippen molar-refractivity contribution in [2.75, 3.05) is 0 Å². The van der Waals surface area contributed by atoms with Gasteiger partial charge in [-0.2, -0.15) is 0 Å². The second kappa shape index (κ2) is 8.92. The zero-order valence-corrected chi connectivity index (χ0v) is 18.9. The normalized spacial score (nSPS) is 14.5. The van der Waals surface area contributed by atoms with Gasteiger partial charge in [-0.25, -0.2) is 0 Å². The van der Waals surface area contributed by atoms with Crippen LogP contribution in [0.4, 0.5) is 0 Å². The van der Waals surface area contributed by atoms with Crippen molar-refractivity contribution in [1.82, 2.24) is 10.6 Å². The lowest BCUT2D eigenvalue weighted by molar-refractivity contribution is 0.695. The Hall–Kier alpha value is -4.30. The molecule has 0 atom stereocenters. The predicted octanol–water partition coefficient (Wildman–Crippen LogP) is 7.18. The van der Waals surface area contributed by atoms with E-state index in [4.69, 9.17) is 0 Å². The van der Waals surface area contributed by atoms with Crippen LogP contribution in [0.25, 0.3) is 24.3 Å². The first-order chi connectivity index (χ1) is 16.9. The Kier molecular flexibility index (Phi) is 5.33. The van der Waals surface area contributed by atoms with E-state index in [-0.39, 0.29) is 12.1 Å². The summed E-state index contributed by atoms with van der Waals surface area (Å²) >= 11 is 0. The molecule has 4 aromatic rings. The smallest absolute Gasteiger partial charge is 0.0774 e. The molecule has 2 aliphatic carbocycles. The van der Waals surface area contributed by atoms with Crippen LogP contribution in [0.2, 0.25) is 0 Å². The summed E-state index contributed by atoms with van der Waals surface area (Å²) in [5.41, 5.74) is 10.1. The number of fused-ring (bicyclic) bond motifs is 4. The quantitative estimate of drug-likeness (QED) is 0.352. The maximum absolute atomic E-state index is 3.68. The summed E-state index contributed by atoms with van der Waals surface area (Å²) in [6.07, 6.45) is 12.9. The Morgan fingerprint density at radius 2 is 0.647 bits per heavy atom. The zero-order chi connectivity index (χ0) is 22.7. The second-order valence-electron chi connectivity index (χ2n) is 8.72. The van der Waals surface area contributed by atoms with Crippen molar-refractivity contribution in [3.05, 3.63) is 154 Å². The van der Waals surface area contributed by atoms with Crippen molar-refractivity contribution in [1.29, 1.82) is 0 Å². The molecule has 2 nitrogen and oxygen atoms in total. The molecule has 0 heterocycles. The van der Waals surface area contributed by atoms with Crippen molar-refractivity contribution < 1.29 is 0 Å². The third kappa shape index (κ3) is 3.74. The number of benzene rings is 4. The van der Waals surface area contributed by atoms with E-state index in [9.17, 15) is 0 Å². The van der Waals surface area contributed by atoms with Crippen LogP contribution in [-0.2, 0) is 0 Å². The van der Waals surface area contributed by atoms with Crippen LogP contribution in [0.5, 0.6) is 0 Å². The second-order valence-corrected chi connectivity index (χ2v) is 8.72. The van der Waals surface area contributed by atoms with Crippen LogP contribution >= 0.6 is 0 Å². The molecule has 2 N–H and O–H groups in total. The van der Waals surface area contributed by atoms with Gasteiger partial charge in [0, 0.05) is 12.4 Å².